The quantitative estimate of drug-likeness (QED) is 0.802. The number of likely N-dealkylation sites (tertiary alicyclic amines) is 1. The zero-order valence-corrected chi connectivity index (χ0v) is 18.2. The van der Waals surface area contributed by atoms with Crippen LogP contribution in [-0.4, -0.2) is 34.9 Å². The lowest BCUT2D eigenvalue weighted by Crippen LogP contribution is -2.54. The third kappa shape index (κ3) is 5.84. The number of nitrogens with zero attached hydrogens (tertiary/aromatic N) is 2. The molecule has 1 aliphatic rings. The first-order valence-corrected chi connectivity index (χ1v) is 9.04. The Morgan fingerprint density at radius 1 is 1.29 bits per heavy atom. The van der Waals surface area contributed by atoms with Crippen LogP contribution in [-0.2, 0) is 6.61 Å². The Morgan fingerprint density at radius 2 is 2.04 bits per heavy atom. The number of carbonyl (C=O) groups excluding carboxylic acids is 1. The van der Waals surface area contributed by atoms with E-state index in [-0.39, 0.29) is 42.2 Å². The molecule has 2 aromatic rings. The second kappa shape index (κ2) is 10.1. The largest absolute Gasteiger partial charge is 0.487 e. The van der Waals surface area contributed by atoms with Crippen LogP contribution >= 0.6 is 24.8 Å². The van der Waals surface area contributed by atoms with Crippen molar-refractivity contribution in [1.82, 2.24) is 9.88 Å². The van der Waals surface area contributed by atoms with Crippen LogP contribution < -0.4 is 10.5 Å². The molecule has 2 N–H and O–H groups in total. The lowest BCUT2D eigenvalue weighted by molar-refractivity contribution is 0.0533. The predicted octanol–water partition coefficient (Wildman–Crippen LogP) is 4.01. The van der Waals surface area contributed by atoms with E-state index in [9.17, 15) is 4.79 Å². The van der Waals surface area contributed by atoms with Crippen molar-refractivity contribution in [3.63, 3.8) is 0 Å². The van der Waals surface area contributed by atoms with Crippen LogP contribution in [0.25, 0.3) is 0 Å². The summed E-state index contributed by atoms with van der Waals surface area (Å²) in [7, 11) is 0. The highest BCUT2D eigenvalue weighted by molar-refractivity contribution is 5.94. The highest BCUT2D eigenvalue weighted by Crippen LogP contribution is 2.28. The summed E-state index contributed by atoms with van der Waals surface area (Å²) < 4.78 is 5.77. The summed E-state index contributed by atoms with van der Waals surface area (Å²) in [6.45, 7) is 7.98. The van der Waals surface area contributed by atoms with Gasteiger partial charge in [-0.1, -0.05) is 26.0 Å². The minimum Gasteiger partial charge on any atom is -0.487 e. The molecule has 1 aliphatic heterocycles. The lowest BCUT2D eigenvalue weighted by atomic mass is 9.79. The number of rotatable bonds is 4. The Bertz CT molecular complexity index is 781. The van der Waals surface area contributed by atoms with Gasteiger partial charge in [0.05, 0.1) is 6.20 Å². The van der Waals surface area contributed by atoms with Crippen molar-refractivity contribution in [3.05, 3.63) is 59.4 Å². The third-order valence-corrected chi connectivity index (χ3v) is 5.06. The number of hydrogen-bond donors (Lipinski definition) is 1. The molecule has 1 unspecified atom stereocenters. The SMILES string of the molecule is Cc1ccc(OCc2cccc(C(=O)N3CCC(N)C(C)(C)C3)c2)cn1.Cl.Cl. The van der Waals surface area contributed by atoms with Crippen LogP contribution in [0.4, 0.5) is 0 Å². The molecule has 1 saturated heterocycles. The first-order chi connectivity index (χ1) is 12.3. The van der Waals surface area contributed by atoms with Crippen LogP contribution in [0.3, 0.4) is 0 Å². The molecule has 0 aliphatic carbocycles. The van der Waals surface area contributed by atoms with E-state index in [1.807, 2.05) is 48.2 Å². The number of halogens is 2. The van der Waals surface area contributed by atoms with E-state index in [0.717, 1.165) is 23.4 Å². The Morgan fingerprint density at radius 3 is 2.68 bits per heavy atom. The number of pyridine rings is 1. The van der Waals surface area contributed by atoms with Gasteiger partial charge in [0.2, 0.25) is 0 Å². The van der Waals surface area contributed by atoms with Gasteiger partial charge in [-0.25, -0.2) is 0 Å². The number of benzene rings is 1. The first-order valence-electron chi connectivity index (χ1n) is 9.04. The molecule has 1 fully saturated rings. The van der Waals surface area contributed by atoms with Gasteiger partial charge in [-0.15, -0.1) is 24.8 Å². The van der Waals surface area contributed by atoms with Gasteiger partial charge < -0.3 is 15.4 Å². The van der Waals surface area contributed by atoms with Gasteiger partial charge in [-0.3, -0.25) is 9.78 Å². The fraction of sp³-hybridized carbons (Fsp3) is 0.429. The summed E-state index contributed by atoms with van der Waals surface area (Å²) in [6.07, 6.45) is 2.55. The smallest absolute Gasteiger partial charge is 0.253 e. The number of nitrogens with two attached hydrogens (primary N) is 1. The minimum atomic E-state index is -0.0624. The summed E-state index contributed by atoms with van der Waals surface area (Å²) in [5, 5.41) is 0. The number of piperidine rings is 1. The Hall–Kier alpha value is -1.82. The summed E-state index contributed by atoms with van der Waals surface area (Å²) in [4.78, 5) is 19.0. The molecule has 154 valence electrons. The maximum Gasteiger partial charge on any atom is 0.253 e. The van der Waals surface area contributed by atoms with E-state index in [4.69, 9.17) is 10.5 Å². The number of hydrogen-bond acceptors (Lipinski definition) is 4. The second-order valence-electron chi connectivity index (χ2n) is 7.73. The molecule has 3 rings (SSSR count). The number of carbonyl (C=O) groups is 1. The molecule has 1 aromatic carbocycles. The van der Waals surface area contributed by atoms with E-state index in [1.165, 1.54) is 0 Å². The number of aromatic nitrogens is 1. The maximum atomic E-state index is 12.9. The molecular weight excluding hydrogens is 397 g/mol. The van der Waals surface area contributed by atoms with Crippen molar-refractivity contribution >= 4 is 30.7 Å². The van der Waals surface area contributed by atoms with E-state index in [0.29, 0.717) is 25.3 Å². The standard InChI is InChI=1S/C21H27N3O2.2ClH/c1-15-7-8-18(12-23-15)26-13-16-5-4-6-17(11-16)20(25)24-10-9-19(22)21(2,3)14-24;;/h4-8,11-12,19H,9-10,13-14,22H2,1-3H3;2*1H. The van der Waals surface area contributed by atoms with Crippen molar-refractivity contribution in [2.45, 2.75) is 39.8 Å². The Kier molecular flexibility index (Phi) is 8.74. The van der Waals surface area contributed by atoms with Gasteiger partial charge in [0, 0.05) is 30.4 Å². The van der Waals surface area contributed by atoms with Crippen LogP contribution in [0.2, 0.25) is 0 Å². The summed E-state index contributed by atoms with van der Waals surface area (Å²) in [6, 6.07) is 11.6. The van der Waals surface area contributed by atoms with Crippen molar-refractivity contribution in [2.24, 2.45) is 11.1 Å². The normalized spacial score (nSPS) is 17.9. The molecule has 1 atom stereocenters. The topological polar surface area (TPSA) is 68.5 Å². The van der Waals surface area contributed by atoms with Crippen molar-refractivity contribution in [1.29, 1.82) is 0 Å². The lowest BCUT2D eigenvalue weighted by Gasteiger charge is -2.42. The van der Waals surface area contributed by atoms with Gasteiger partial charge in [0.25, 0.3) is 5.91 Å². The summed E-state index contributed by atoms with van der Waals surface area (Å²) in [5.41, 5.74) is 8.73. The average Bonchev–Trinajstić information content (AvgIpc) is 2.63. The molecule has 28 heavy (non-hydrogen) atoms. The third-order valence-electron chi connectivity index (χ3n) is 5.06. The zero-order chi connectivity index (χ0) is 18.7. The Labute approximate surface area is 179 Å². The van der Waals surface area contributed by atoms with Crippen molar-refractivity contribution in [3.8, 4) is 5.75 Å². The average molecular weight is 426 g/mol. The molecular formula is C21H29Cl2N3O2. The molecule has 1 aromatic heterocycles. The molecule has 5 nitrogen and oxygen atoms in total. The maximum absolute atomic E-state index is 12.9. The van der Waals surface area contributed by atoms with Crippen molar-refractivity contribution < 1.29 is 9.53 Å². The minimum absolute atomic E-state index is 0. The van der Waals surface area contributed by atoms with Gasteiger partial charge in [-0.05, 0) is 48.6 Å². The van der Waals surface area contributed by atoms with Gasteiger partial charge in [-0.2, -0.15) is 0 Å². The van der Waals surface area contributed by atoms with Gasteiger partial charge in [0.1, 0.15) is 12.4 Å². The highest BCUT2D eigenvalue weighted by Gasteiger charge is 2.35. The molecule has 2 heterocycles. The van der Waals surface area contributed by atoms with Crippen LogP contribution in [0.5, 0.6) is 5.75 Å². The number of amides is 1. The van der Waals surface area contributed by atoms with Crippen LogP contribution in [0.15, 0.2) is 42.6 Å². The monoisotopic (exact) mass is 425 g/mol. The van der Waals surface area contributed by atoms with E-state index >= 15 is 0 Å². The number of aryl methyl sites for hydroxylation is 1. The predicted molar refractivity (Wildman–Crippen MR) is 117 cm³/mol. The fourth-order valence-electron chi connectivity index (χ4n) is 3.23. The molecule has 0 saturated carbocycles. The van der Waals surface area contributed by atoms with Crippen molar-refractivity contribution in [2.75, 3.05) is 13.1 Å². The highest BCUT2D eigenvalue weighted by atomic mass is 35.5. The van der Waals surface area contributed by atoms with E-state index < -0.39 is 0 Å². The van der Waals surface area contributed by atoms with Gasteiger partial charge >= 0.3 is 0 Å². The fourth-order valence-corrected chi connectivity index (χ4v) is 3.23. The Balaban J connectivity index is 0.00000196. The molecule has 0 spiro atoms. The zero-order valence-electron chi connectivity index (χ0n) is 16.6. The summed E-state index contributed by atoms with van der Waals surface area (Å²) >= 11 is 0. The molecule has 1 amide bonds. The molecule has 0 radical (unpaired) electrons. The first kappa shape index (κ1) is 24.2. The van der Waals surface area contributed by atoms with E-state index in [1.54, 1.807) is 6.20 Å². The molecule has 7 heteroatoms. The van der Waals surface area contributed by atoms with Crippen LogP contribution in [0.1, 0.15) is 41.9 Å². The molecule has 0 bridgehead atoms. The van der Waals surface area contributed by atoms with Crippen LogP contribution in [0, 0.1) is 12.3 Å². The number of ether oxygens (including phenoxy) is 1. The summed E-state index contributed by atoms with van der Waals surface area (Å²) in [5.74, 6) is 0.780. The second-order valence-corrected chi connectivity index (χ2v) is 7.73. The van der Waals surface area contributed by atoms with E-state index in [2.05, 4.69) is 18.8 Å². The van der Waals surface area contributed by atoms with Gasteiger partial charge in [0.15, 0.2) is 0 Å².